The van der Waals surface area contributed by atoms with Crippen LogP contribution < -0.4 is 5.32 Å². The molecule has 8 heteroatoms. The first-order chi connectivity index (χ1) is 10.8. The fourth-order valence-electron chi connectivity index (χ4n) is 1.79. The van der Waals surface area contributed by atoms with E-state index in [0.717, 1.165) is 0 Å². The number of anilines is 1. The molecule has 2 rings (SSSR count). The Hall–Kier alpha value is -3.03. The maximum atomic E-state index is 11.8. The topological polar surface area (TPSA) is 107 Å². The van der Waals surface area contributed by atoms with E-state index in [2.05, 4.69) is 15.3 Å². The highest BCUT2D eigenvalue weighted by Crippen LogP contribution is 2.29. The number of rotatable bonds is 3. The van der Waals surface area contributed by atoms with Crippen molar-refractivity contribution in [1.29, 1.82) is 0 Å². The van der Waals surface area contributed by atoms with Gasteiger partial charge in [-0.15, -0.1) is 0 Å². The van der Waals surface area contributed by atoms with Gasteiger partial charge in [-0.1, -0.05) is 0 Å². The van der Waals surface area contributed by atoms with E-state index >= 15 is 0 Å². The molecule has 0 unspecified atom stereocenters. The summed E-state index contributed by atoms with van der Waals surface area (Å²) >= 11 is 0. The average Bonchev–Trinajstić information content (AvgIpc) is 2.46. The third-order valence-corrected chi connectivity index (χ3v) is 2.65. The zero-order chi connectivity index (χ0) is 17.0. The summed E-state index contributed by atoms with van der Waals surface area (Å²) < 4.78 is 5.09. The fourth-order valence-corrected chi connectivity index (χ4v) is 1.79. The van der Waals surface area contributed by atoms with Crippen LogP contribution in [0.5, 0.6) is 0 Å². The molecule has 0 aliphatic heterocycles. The number of nitrogens with zero attached hydrogens (tertiary/aromatic N) is 3. The SMILES string of the molecule is CC(C)(C)OC(=O)Nc1ccc(-c2ncccn2)cc1[N+](=O)[O-]. The lowest BCUT2D eigenvalue weighted by atomic mass is 10.1. The summed E-state index contributed by atoms with van der Waals surface area (Å²) in [6.07, 6.45) is 2.33. The van der Waals surface area contributed by atoms with E-state index in [1.807, 2.05) is 0 Å². The smallest absolute Gasteiger partial charge is 0.412 e. The molecule has 8 nitrogen and oxygen atoms in total. The highest BCUT2D eigenvalue weighted by molar-refractivity contribution is 5.89. The quantitative estimate of drug-likeness (QED) is 0.687. The third-order valence-electron chi connectivity index (χ3n) is 2.65. The first-order valence-corrected chi connectivity index (χ1v) is 6.82. The van der Waals surface area contributed by atoms with E-state index in [1.165, 1.54) is 12.1 Å². The number of hydrogen-bond acceptors (Lipinski definition) is 6. The zero-order valence-electron chi connectivity index (χ0n) is 12.9. The van der Waals surface area contributed by atoms with Crippen molar-refractivity contribution in [1.82, 2.24) is 9.97 Å². The summed E-state index contributed by atoms with van der Waals surface area (Å²) in [5, 5.41) is 13.6. The molecule has 0 aliphatic rings. The van der Waals surface area contributed by atoms with E-state index in [1.54, 1.807) is 45.3 Å². The van der Waals surface area contributed by atoms with Crippen molar-refractivity contribution in [3.63, 3.8) is 0 Å². The predicted octanol–water partition coefficient (Wildman–Crippen LogP) is 3.40. The molecule has 0 aliphatic carbocycles. The second-order valence-electron chi connectivity index (χ2n) is 5.69. The molecule has 0 atom stereocenters. The monoisotopic (exact) mass is 316 g/mol. The molecule has 120 valence electrons. The Balaban J connectivity index is 2.31. The van der Waals surface area contributed by atoms with Crippen LogP contribution in [0, 0.1) is 10.1 Å². The van der Waals surface area contributed by atoms with Crippen LogP contribution in [0.15, 0.2) is 36.7 Å². The van der Waals surface area contributed by atoms with Crippen molar-refractivity contribution in [3.8, 4) is 11.4 Å². The molecule has 0 saturated heterocycles. The minimum absolute atomic E-state index is 0.0453. The summed E-state index contributed by atoms with van der Waals surface area (Å²) in [5.74, 6) is 0.361. The van der Waals surface area contributed by atoms with Crippen molar-refractivity contribution in [2.45, 2.75) is 26.4 Å². The van der Waals surface area contributed by atoms with Crippen LogP contribution in [0.2, 0.25) is 0 Å². The molecule has 1 aromatic carbocycles. The first kappa shape index (κ1) is 16.3. The summed E-state index contributed by atoms with van der Waals surface area (Å²) in [6, 6.07) is 5.97. The van der Waals surface area contributed by atoms with Crippen molar-refractivity contribution >= 4 is 17.5 Å². The van der Waals surface area contributed by atoms with Gasteiger partial charge in [0.05, 0.1) is 4.92 Å². The van der Waals surface area contributed by atoms with Crippen LogP contribution in [0.1, 0.15) is 20.8 Å². The highest BCUT2D eigenvalue weighted by Gasteiger charge is 2.21. The van der Waals surface area contributed by atoms with Gasteiger partial charge in [-0.2, -0.15) is 0 Å². The molecule has 1 amide bonds. The Morgan fingerprint density at radius 1 is 1.26 bits per heavy atom. The van der Waals surface area contributed by atoms with Crippen molar-refractivity contribution in [2.24, 2.45) is 0 Å². The number of carbonyl (C=O) groups is 1. The molecule has 1 heterocycles. The van der Waals surface area contributed by atoms with Gasteiger partial charge < -0.3 is 4.74 Å². The predicted molar refractivity (Wildman–Crippen MR) is 84.0 cm³/mol. The lowest BCUT2D eigenvalue weighted by Gasteiger charge is -2.19. The van der Waals surface area contributed by atoms with Gasteiger partial charge in [0.15, 0.2) is 5.82 Å². The molecule has 0 fully saturated rings. The van der Waals surface area contributed by atoms with Gasteiger partial charge in [0.2, 0.25) is 0 Å². The number of amides is 1. The van der Waals surface area contributed by atoms with Gasteiger partial charge in [0.1, 0.15) is 11.3 Å². The fraction of sp³-hybridized carbons (Fsp3) is 0.267. The van der Waals surface area contributed by atoms with Crippen LogP contribution in [0.4, 0.5) is 16.2 Å². The standard InChI is InChI=1S/C15H16N4O4/c1-15(2,3)23-14(20)18-11-6-5-10(9-12(11)19(21)22)13-16-7-4-8-17-13/h4-9H,1-3H3,(H,18,20). The maximum Gasteiger partial charge on any atom is 0.412 e. The van der Waals surface area contributed by atoms with E-state index in [9.17, 15) is 14.9 Å². The van der Waals surface area contributed by atoms with E-state index in [4.69, 9.17) is 4.74 Å². The number of nitrogens with one attached hydrogen (secondary N) is 1. The number of carbonyl (C=O) groups excluding carboxylic acids is 1. The largest absolute Gasteiger partial charge is 0.444 e. The van der Waals surface area contributed by atoms with Crippen molar-refractivity contribution in [2.75, 3.05) is 5.32 Å². The Morgan fingerprint density at radius 2 is 1.91 bits per heavy atom. The second-order valence-corrected chi connectivity index (χ2v) is 5.69. The number of benzene rings is 1. The number of hydrogen-bond donors (Lipinski definition) is 1. The Labute approximate surface area is 132 Å². The number of aromatic nitrogens is 2. The summed E-state index contributed by atoms with van der Waals surface area (Å²) in [7, 11) is 0. The van der Waals surface area contributed by atoms with Crippen LogP contribution in [0.25, 0.3) is 11.4 Å². The first-order valence-electron chi connectivity index (χ1n) is 6.82. The molecular formula is C15H16N4O4. The van der Waals surface area contributed by atoms with Gasteiger partial charge in [-0.3, -0.25) is 15.4 Å². The molecule has 1 aromatic heterocycles. The Kier molecular flexibility index (Phi) is 4.54. The van der Waals surface area contributed by atoms with Crippen LogP contribution in [0.3, 0.4) is 0 Å². The Bertz CT molecular complexity index is 726. The summed E-state index contributed by atoms with van der Waals surface area (Å²) in [5.41, 5.74) is -0.437. The van der Waals surface area contributed by atoms with Gasteiger partial charge in [0.25, 0.3) is 5.69 Å². The molecule has 0 bridgehead atoms. The lowest BCUT2D eigenvalue weighted by molar-refractivity contribution is -0.383. The molecular weight excluding hydrogens is 300 g/mol. The molecule has 1 N–H and O–H groups in total. The van der Waals surface area contributed by atoms with Gasteiger partial charge in [0, 0.05) is 24.0 Å². The second kappa shape index (κ2) is 6.39. The van der Waals surface area contributed by atoms with E-state index < -0.39 is 16.6 Å². The molecule has 0 spiro atoms. The third kappa shape index (κ3) is 4.47. The number of nitro benzene ring substituents is 1. The van der Waals surface area contributed by atoms with Crippen molar-refractivity contribution in [3.05, 3.63) is 46.8 Å². The molecule has 2 aromatic rings. The van der Waals surface area contributed by atoms with Crippen LogP contribution in [-0.4, -0.2) is 26.6 Å². The highest BCUT2D eigenvalue weighted by atomic mass is 16.6. The maximum absolute atomic E-state index is 11.8. The minimum Gasteiger partial charge on any atom is -0.444 e. The normalized spacial score (nSPS) is 10.9. The lowest BCUT2D eigenvalue weighted by Crippen LogP contribution is -2.27. The minimum atomic E-state index is -0.760. The zero-order valence-corrected chi connectivity index (χ0v) is 12.9. The van der Waals surface area contributed by atoms with Gasteiger partial charge in [-0.25, -0.2) is 14.8 Å². The summed E-state index contributed by atoms with van der Waals surface area (Å²) in [4.78, 5) is 30.5. The van der Waals surface area contributed by atoms with Gasteiger partial charge >= 0.3 is 6.09 Å². The van der Waals surface area contributed by atoms with Gasteiger partial charge in [-0.05, 0) is 39.0 Å². The number of ether oxygens (including phenoxy) is 1. The number of nitro groups is 1. The average molecular weight is 316 g/mol. The van der Waals surface area contributed by atoms with E-state index in [0.29, 0.717) is 11.4 Å². The van der Waals surface area contributed by atoms with Crippen molar-refractivity contribution < 1.29 is 14.5 Å². The molecule has 0 saturated carbocycles. The molecule has 23 heavy (non-hydrogen) atoms. The summed E-state index contributed by atoms with van der Waals surface area (Å²) in [6.45, 7) is 5.12. The Morgan fingerprint density at radius 3 is 2.48 bits per heavy atom. The molecule has 0 radical (unpaired) electrons. The van der Waals surface area contributed by atoms with Crippen LogP contribution in [-0.2, 0) is 4.74 Å². The van der Waals surface area contributed by atoms with E-state index in [-0.39, 0.29) is 11.4 Å². The van der Waals surface area contributed by atoms with Crippen LogP contribution >= 0.6 is 0 Å².